The summed E-state index contributed by atoms with van der Waals surface area (Å²) in [6.45, 7) is 10.9. The Labute approximate surface area is 121 Å². The van der Waals surface area contributed by atoms with E-state index in [0.717, 1.165) is 10.6 Å². The highest BCUT2D eigenvalue weighted by Crippen LogP contribution is 2.23. The van der Waals surface area contributed by atoms with Gasteiger partial charge in [-0.25, -0.2) is 4.79 Å². The lowest BCUT2D eigenvalue weighted by atomic mass is 10.2. The van der Waals surface area contributed by atoms with Crippen molar-refractivity contribution < 1.29 is 9.53 Å². The van der Waals surface area contributed by atoms with E-state index in [2.05, 4.69) is 22.8 Å². The van der Waals surface area contributed by atoms with Crippen LogP contribution in [0.25, 0.3) is 0 Å². The van der Waals surface area contributed by atoms with Crippen LogP contribution in [0.15, 0.2) is 35.9 Å². The van der Waals surface area contributed by atoms with E-state index in [-0.39, 0.29) is 6.61 Å². The number of halogens is 1. The second kappa shape index (κ2) is 7.11. The molecule has 1 amide bonds. The molecule has 1 aromatic heterocycles. The van der Waals surface area contributed by atoms with E-state index >= 15 is 0 Å². The Morgan fingerprint density at radius 3 is 2.74 bits per heavy atom. The molecule has 0 aliphatic rings. The van der Waals surface area contributed by atoms with Crippen molar-refractivity contribution >= 4 is 34.9 Å². The molecule has 1 heterocycles. The highest BCUT2D eigenvalue weighted by Gasteiger charge is 2.11. The minimum absolute atomic E-state index is 0.0801. The minimum Gasteiger partial charge on any atom is -0.444 e. The zero-order chi connectivity index (χ0) is 14.4. The molecule has 0 radical (unpaired) electrons. The van der Waals surface area contributed by atoms with Crippen LogP contribution in [0.1, 0.15) is 10.6 Å². The Morgan fingerprint density at radius 2 is 2.26 bits per heavy atom. The van der Waals surface area contributed by atoms with Crippen LogP contribution in [0.3, 0.4) is 0 Å². The second-order valence-corrected chi connectivity index (χ2v) is 5.23. The molecular formula is C13H15ClN2O2S. The van der Waals surface area contributed by atoms with Gasteiger partial charge in [-0.1, -0.05) is 30.8 Å². The number of hydrogen-bond acceptors (Lipinski definition) is 4. The topological polar surface area (TPSA) is 51.2 Å². The van der Waals surface area contributed by atoms with E-state index in [1.54, 1.807) is 12.2 Å². The molecule has 0 aliphatic heterocycles. The molecule has 0 saturated heterocycles. The number of carbonyl (C=O) groups excluding carboxylic acids is 1. The van der Waals surface area contributed by atoms with Gasteiger partial charge in [0.2, 0.25) is 0 Å². The van der Waals surface area contributed by atoms with Crippen molar-refractivity contribution in [1.82, 2.24) is 4.37 Å². The van der Waals surface area contributed by atoms with Crippen molar-refractivity contribution in [2.45, 2.75) is 13.8 Å². The van der Waals surface area contributed by atoms with Gasteiger partial charge in [0.05, 0.1) is 11.4 Å². The van der Waals surface area contributed by atoms with Crippen LogP contribution in [0, 0.1) is 13.8 Å². The Bertz CT molecular complexity index is 515. The van der Waals surface area contributed by atoms with Crippen LogP contribution in [0.5, 0.6) is 0 Å². The van der Waals surface area contributed by atoms with Crippen molar-refractivity contribution in [2.75, 3.05) is 11.9 Å². The zero-order valence-corrected chi connectivity index (χ0v) is 12.4. The summed E-state index contributed by atoms with van der Waals surface area (Å²) in [7, 11) is 0. The van der Waals surface area contributed by atoms with Crippen molar-refractivity contribution in [3.8, 4) is 0 Å². The number of hydrogen-bond donors (Lipinski definition) is 1. The smallest absolute Gasteiger partial charge is 0.412 e. The van der Waals surface area contributed by atoms with Crippen LogP contribution in [0.2, 0.25) is 0 Å². The fourth-order valence-electron chi connectivity index (χ4n) is 1.31. The van der Waals surface area contributed by atoms with Gasteiger partial charge in [0.1, 0.15) is 6.61 Å². The Kier molecular flexibility index (Phi) is 5.79. The lowest BCUT2D eigenvalue weighted by Gasteiger charge is -2.07. The number of nitrogens with one attached hydrogen (secondary N) is 1. The lowest BCUT2D eigenvalue weighted by Crippen LogP contribution is -2.15. The first-order valence-electron chi connectivity index (χ1n) is 5.48. The molecular weight excluding hydrogens is 284 g/mol. The molecule has 1 N–H and O–H groups in total. The van der Waals surface area contributed by atoms with Gasteiger partial charge in [0, 0.05) is 9.91 Å². The van der Waals surface area contributed by atoms with Gasteiger partial charge in [-0.05, 0) is 37.0 Å². The molecule has 19 heavy (non-hydrogen) atoms. The predicted molar refractivity (Wildman–Crippen MR) is 79.8 cm³/mol. The molecule has 4 nitrogen and oxygen atoms in total. The molecule has 0 atom stereocenters. The van der Waals surface area contributed by atoms with Gasteiger partial charge >= 0.3 is 6.09 Å². The standard InChI is InChI=1S/C13H15ClN2O2S/c1-5-11(6-8(2)14)7-18-13(17)15-12-9(3)16-19-10(12)4/h5-6H,1-2,7H2,3-4H3,(H,15,17)/b11-6+. The number of allylic oxidation sites excluding steroid dienone is 2. The number of anilines is 1. The lowest BCUT2D eigenvalue weighted by molar-refractivity contribution is 0.172. The summed E-state index contributed by atoms with van der Waals surface area (Å²) in [5.74, 6) is 0. The van der Waals surface area contributed by atoms with Gasteiger partial charge in [-0.3, -0.25) is 5.32 Å². The van der Waals surface area contributed by atoms with Crippen molar-refractivity contribution in [2.24, 2.45) is 0 Å². The van der Waals surface area contributed by atoms with E-state index in [4.69, 9.17) is 16.3 Å². The van der Waals surface area contributed by atoms with Gasteiger partial charge in [-0.2, -0.15) is 4.37 Å². The fraction of sp³-hybridized carbons (Fsp3) is 0.231. The average molecular weight is 299 g/mol. The molecule has 0 fully saturated rings. The molecule has 102 valence electrons. The van der Waals surface area contributed by atoms with Gasteiger partial charge in [0.15, 0.2) is 0 Å². The molecule has 1 rings (SSSR count). The van der Waals surface area contributed by atoms with E-state index < -0.39 is 6.09 Å². The van der Waals surface area contributed by atoms with Crippen LogP contribution >= 0.6 is 23.1 Å². The van der Waals surface area contributed by atoms with Gasteiger partial charge in [-0.15, -0.1) is 0 Å². The van der Waals surface area contributed by atoms with Gasteiger partial charge < -0.3 is 4.74 Å². The third kappa shape index (κ3) is 4.89. The largest absolute Gasteiger partial charge is 0.444 e. The van der Waals surface area contributed by atoms with Crippen molar-refractivity contribution in [3.63, 3.8) is 0 Å². The number of ether oxygens (including phenoxy) is 1. The maximum Gasteiger partial charge on any atom is 0.412 e. The number of nitrogens with zero attached hydrogens (tertiary/aromatic N) is 1. The summed E-state index contributed by atoms with van der Waals surface area (Å²) < 4.78 is 9.20. The third-order valence-electron chi connectivity index (χ3n) is 2.23. The van der Waals surface area contributed by atoms with E-state index in [1.165, 1.54) is 11.5 Å². The molecule has 0 spiro atoms. The first kappa shape index (κ1) is 15.5. The van der Waals surface area contributed by atoms with E-state index in [0.29, 0.717) is 16.3 Å². The van der Waals surface area contributed by atoms with Crippen molar-refractivity contribution in [3.05, 3.63) is 46.5 Å². The maximum atomic E-state index is 11.6. The molecule has 0 aliphatic carbocycles. The van der Waals surface area contributed by atoms with Crippen molar-refractivity contribution in [1.29, 1.82) is 0 Å². The summed E-state index contributed by atoms with van der Waals surface area (Å²) in [6, 6.07) is 0. The Balaban J connectivity index is 2.57. The second-order valence-electron chi connectivity index (χ2n) is 3.77. The number of aryl methyl sites for hydroxylation is 2. The first-order valence-corrected chi connectivity index (χ1v) is 6.63. The Hall–Kier alpha value is -1.59. The Morgan fingerprint density at radius 1 is 1.58 bits per heavy atom. The average Bonchev–Trinajstić information content (AvgIpc) is 2.65. The predicted octanol–water partition coefficient (Wildman–Crippen LogP) is 4.17. The summed E-state index contributed by atoms with van der Waals surface area (Å²) >= 11 is 6.98. The molecule has 0 bridgehead atoms. The molecule has 0 unspecified atom stereocenters. The molecule has 0 aromatic carbocycles. The number of amides is 1. The third-order valence-corrected chi connectivity index (χ3v) is 3.19. The van der Waals surface area contributed by atoms with Crippen LogP contribution in [-0.4, -0.2) is 17.1 Å². The zero-order valence-electron chi connectivity index (χ0n) is 10.8. The normalized spacial score (nSPS) is 11.0. The monoisotopic (exact) mass is 298 g/mol. The summed E-state index contributed by atoms with van der Waals surface area (Å²) in [6.07, 6.45) is 2.60. The number of aromatic nitrogens is 1. The maximum absolute atomic E-state index is 11.6. The number of carbonyl (C=O) groups is 1. The SMILES string of the molecule is C=C/C(=C\C(=C)Cl)COC(=O)Nc1c(C)nsc1C. The summed E-state index contributed by atoms with van der Waals surface area (Å²) in [5.41, 5.74) is 2.14. The quantitative estimate of drug-likeness (QED) is 0.830. The number of rotatable bonds is 5. The summed E-state index contributed by atoms with van der Waals surface area (Å²) in [5, 5.41) is 3.02. The van der Waals surface area contributed by atoms with E-state index in [9.17, 15) is 4.79 Å². The van der Waals surface area contributed by atoms with Crippen LogP contribution in [-0.2, 0) is 4.74 Å². The van der Waals surface area contributed by atoms with E-state index in [1.807, 2.05) is 13.8 Å². The summed E-state index contributed by atoms with van der Waals surface area (Å²) in [4.78, 5) is 12.6. The highest BCUT2D eigenvalue weighted by molar-refractivity contribution is 7.06. The highest BCUT2D eigenvalue weighted by atomic mass is 35.5. The van der Waals surface area contributed by atoms with Crippen LogP contribution in [0.4, 0.5) is 10.5 Å². The fourth-order valence-corrected chi connectivity index (χ4v) is 2.10. The van der Waals surface area contributed by atoms with Crippen LogP contribution < -0.4 is 5.32 Å². The molecule has 1 aromatic rings. The molecule has 6 heteroatoms. The van der Waals surface area contributed by atoms with Gasteiger partial charge in [0.25, 0.3) is 0 Å². The first-order chi connectivity index (χ1) is 8.93. The molecule has 0 saturated carbocycles. The minimum atomic E-state index is -0.542.